The second kappa shape index (κ2) is 7.82. The molecule has 0 aliphatic heterocycles. The van der Waals surface area contributed by atoms with Crippen LogP contribution in [0.1, 0.15) is 16.7 Å². The molecule has 0 saturated carbocycles. The molecule has 2 rings (SSSR count). The highest BCUT2D eigenvalue weighted by atomic mass is 35.5. The fraction of sp³-hybridized carbons (Fsp3) is 0.250. The van der Waals surface area contributed by atoms with Crippen molar-refractivity contribution in [2.45, 2.75) is 20.0 Å². The molecule has 0 saturated heterocycles. The van der Waals surface area contributed by atoms with Crippen LogP contribution in [0, 0.1) is 6.92 Å². The summed E-state index contributed by atoms with van der Waals surface area (Å²) in [6.45, 7) is 3.87. The smallest absolute Gasteiger partial charge is 0.118 e. The van der Waals surface area contributed by atoms with Crippen molar-refractivity contribution in [3.05, 3.63) is 65.2 Å². The van der Waals surface area contributed by atoms with Crippen LogP contribution in [0.3, 0.4) is 0 Å². The Hall–Kier alpha value is -1.51. The number of halogens is 1. The maximum atomic E-state index is 5.13. The van der Waals surface area contributed by atoms with Crippen LogP contribution < -0.4 is 22.5 Å². The Morgan fingerprint density at radius 3 is 1.79 bits per heavy atom. The Morgan fingerprint density at radius 1 is 0.842 bits per heavy atom. The van der Waals surface area contributed by atoms with Crippen LogP contribution in [0.5, 0.6) is 5.75 Å². The second-order valence-electron chi connectivity index (χ2n) is 4.44. The van der Waals surface area contributed by atoms with E-state index in [4.69, 9.17) is 4.74 Å². The average Bonchev–Trinajstić information content (AvgIpc) is 2.42. The van der Waals surface area contributed by atoms with Crippen LogP contribution in [-0.4, -0.2) is 7.11 Å². The first-order valence-electron chi connectivity index (χ1n) is 6.17. The Labute approximate surface area is 121 Å². The largest absolute Gasteiger partial charge is 1.00 e. The number of rotatable bonds is 5. The van der Waals surface area contributed by atoms with Gasteiger partial charge >= 0.3 is 0 Å². The van der Waals surface area contributed by atoms with E-state index in [9.17, 15) is 0 Å². The number of aryl methyl sites for hydroxylation is 1. The highest BCUT2D eigenvalue weighted by Gasteiger charge is 1.95. The summed E-state index contributed by atoms with van der Waals surface area (Å²) in [5.74, 6) is 0.900. The van der Waals surface area contributed by atoms with Gasteiger partial charge in [-0.25, -0.2) is 0 Å². The molecule has 19 heavy (non-hydrogen) atoms. The first-order valence-corrected chi connectivity index (χ1v) is 6.17. The first-order chi connectivity index (χ1) is 8.78. The molecule has 0 heterocycles. The van der Waals surface area contributed by atoms with Gasteiger partial charge in [-0.3, -0.25) is 0 Å². The molecule has 0 aliphatic rings. The Balaban J connectivity index is 0.00000180. The number of nitrogens with one attached hydrogen (secondary N) is 1. The van der Waals surface area contributed by atoms with Crippen LogP contribution in [-0.2, 0) is 13.1 Å². The molecular formula is C16H19ClNO-. The predicted molar refractivity (Wildman–Crippen MR) is 74.7 cm³/mol. The summed E-state index contributed by atoms with van der Waals surface area (Å²) < 4.78 is 5.13. The molecular weight excluding hydrogens is 258 g/mol. The number of ether oxygens (including phenoxy) is 1. The Bertz CT molecular complexity index is 479. The second-order valence-corrected chi connectivity index (χ2v) is 4.44. The zero-order valence-corrected chi connectivity index (χ0v) is 12.1. The molecule has 102 valence electrons. The number of benzene rings is 2. The third kappa shape index (κ3) is 4.93. The Morgan fingerprint density at radius 2 is 1.32 bits per heavy atom. The number of hydrogen-bond acceptors (Lipinski definition) is 2. The van der Waals surface area contributed by atoms with Gasteiger partial charge < -0.3 is 22.5 Å². The zero-order valence-electron chi connectivity index (χ0n) is 11.3. The van der Waals surface area contributed by atoms with Crippen LogP contribution >= 0.6 is 0 Å². The van der Waals surface area contributed by atoms with Gasteiger partial charge in [0.05, 0.1) is 7.11 Å². The molecule has 2 nitrogen and oxygen atoms in total. The highest BCUT2D eigenvalue weighted by molar-refractivity contribution is 5.27. The molecule has 0 amide bonds. The maximum Gasteiger partial charge on any atom is 0.118 e. The van der Waals surface area contributed by atoms with Gasteiger partial charge in [0.1, 0.15) is 5.75 Å². The van der Waals surface area contributed by atoms with Crippen molar-refractivity contribution in [2.75, 3.05) is 7.11 Å². The molecule has 0 fully saturated rings. The number of methoxy groups -OCH3 is 1. The third-order valence-electron chi connectivity index (χ3n) is 2.94. The molecule has 0 bridgehead atoms. The summed E-state index contributed by atoms with van der Waals surface area (Å²) in [6, 6.07) is 16.8. The van der Waals surface area contributed by atoms with E-state index in [1.165, 1.54) is 16.7 Å². The SMILES string of the molecule is COc1ccc(CNCc2ccc(C)cc2)cc1.[Cl-]. The normalized spacial score (nSPS) is 9.79. The summed E-state index contributed by atoms with van der Waals surface area (Å²) >= 11 is 0. The lowest BCUT2D eigenvalue weighted by Gasteiger charge is -2.06. The van der Waals surface area contributed by atoms with E-state index in [0.717, 1.165) is 18.8 Å². The predicted octanol–water partition coefficient (Wildman–Crippen LogP) is 0.297. The van der Waals surface area contributed by atoms with E-state index < -0.39 is 0 Å². The quantitative estimate of drug-likeness (QED) is 0.848. The summed E-state index contributed by atoms with van der Waals surface area (Å²) in [4.78, 5) is 0. The maximum absolute atomic E-state index is 5.13. The molecule has 2 aromatic rings. The van der Waals surface area contributed by atoms with Crippen molar-refractivity contribution in [1.29, 1.82) is 0 Å². The topological polar surface area (TPSA) is 21.3 Å². The van der Waals surface area contributed by atoms with Crippen molar-refractivity contribution >= 4 is 0 Å². The minimum absolute atomic E-state index is 0. The molecule has 2 aromatic carbocycles. The molecule has 0 unspecified atom stereocenters. The van der Waals surface area contributed by atoms with E-state index in [1.54, 1.807) is 7.11 Å². The van der Waals surface area contributed by atoms with Crippen LogP contribution in [0.25, 0.3) is 0 Å². The average molecular weight is 277 g/mol. The van der Waals surface area contributed by atoms with E-state index >= 15 is 0 Å². The lowest BCUT2D eigenvalue weighted by atomic mass is 10.1. The minimum Gasteiger partial charge on any atom is -1.00 e. The first kappa shape index (κ1) is 15.5. The van der Waals surface area contributed by atoms with Crippen LogP contribution in [0.15, 0.2) is 48.5 Å². The van der Waals surface area contributed by atoms with E-state index in [-0.39, 0.29) is 12.4 Å². The summed E-state index contributed by atoms with van der Waals surface area (Å²) in [5.41, 5.74) is 3.88. The minimum atomic E-state index is 0. The molecule has 3 heteroatoms. The molecule has 0 spiro atoms. The van der Waals surface area contributed by atoms with Gasteiger partial charge in [-0.05, 0) is 30.2 Å². The molecule has 1 N–H and O–H groups in total. The molecule has 0 aliphatic carbocycles. The fourth-order valence-corrected chi connectivity index (χ4v) is 1.80. The van der Waals surface area contributed by atoms with Gasteiger partial charge in [-0.1, -0.05) is 42.0 Å². The monoisotopic (exact) mass is 276 g/mol. The van der Waals surface area contributed by atoms with Crippen molar-refractivity contribution in [2.24, 2.45) is 0 Å². The van der Waals surface area contributed by atoms with Gasteiger partial charge in [0.25, 0.3) is 0 Å². The van der Waals surface area contributed by atoms with E-state index in [0.29, 0.717) is 0 Å². The van der Waals surface area contributed by atoms with E-state index in [1.807, 2.05) is 12.1 Å². The highest BCUT2D eigenvalue weighted by Crippen LogP contribution is 2.11. The molecule has 0 atom stereocenters. The van der Waals surface area contributed by atoms with Gasteiger partial charge in [0.15, 0.2) is 0 Å². The standard InChI is InChI=1S/C16H19NO.ClH/c1-13-3-5-14(6-4-13)11-17-12-15-7-9-16(18-2)10-8-15;/h3-10,17H,11-12H2,1-2H3;1H/p-1. The lowest BCUT2D eigenvalue weighted by Crippen LogP contribution is -3.00. The number of hydrogen-bond donors (Lipinski definition) is 1. The Kier molecular flexibility index (Phi) is 6.40. The van der Waals surface area contributed by atoms with Gasteiger partial charge in [-0.15, -0.1) is 0 Å². The zero-order chi connectivity index (χ0) is 12.8. The fourth-order valence-electron chi connectivity index (χ4n) is 1.80. The summed E-state index contributed by atoms with van der Waals surface area (Å²) in [6.07, 6.45) is 0. The molecule has 0 aromatic heterocycles. The van der Waals surface area contributed by atoms with Crippen molar-refractivity contribution in [3.8, 4) is 5.75 Å². The van der Waals surface area contributed by atoms with E-state index in [2.05, 4.69) is 48.6 Å². The van der Waals surface area contributed by atoms with Crippen LogP contribution in [0.4, 0.5) is 0 Å². The van der Waals surface area contributed by atoms with Gasteiger partial charge in [-0.2, -0.15) is 0 Å². The molecule has 0 radical (unpaired) electrons. The third-order valence-corrected chi connectivity index (χ3v) is 2.94. The van der Waals surface area contributed by atoms with Crippen LogP contribution in [0.2, 0.25) is 0 Å². The summed E-state index contributed by atoms with van der Waals surface area (Å²) in [5, 5.41) is 3.43. The van der Waals surface area contributed by atoms with Gasteiger partial charge in [0, 0.05) is 13.1 Å². The van der Waals surface area contributed by atoms with Crippen molar-refractivity contribution in [1.82, 2.24) is 5.32 Å². The van der Waals surface area contributed by atoms with Gasteiger partial charge in [0.2, 0.25) is 0 Å². The summed E-state index contributed by atoms with van der Waals surface area (Å²) in [7, 11) is 1.69. The van der Waals surface area contributed by atoms with Crippen molar-refractivity contribution < 1.29 is 17.1 Å². The van der Waals surface area contributed by atoms with Crippen molar-refractivity contribution in [3.63, 3.8) is 0 Å². The lowest BCUT2D eigenvalue weighted by molar-refractivity contribution is -0.00000409.